The fraction of sp³-hybridized carbons (Fsp3) is 0.111. The first-order valence-electron chi connectivity index (χ1n) is 3.72. The van der Waals surface area contributed by atoms with Crippen molar-refractivity contribution >= 4 is 45.7 Å². The molecule has 1 aromatic heterocycles. The van der Waals surface area contributed by atoms with Crippen molar-refractivity contribution < 1.29 is 5.11 Å². The molecule has 0 amide bonds. The summed E-state index contributed by atoms with van der Waals surface area (Å²) in [7, 11) is 0. The number of thiol groups is 1. The molecule has 0 bridgehead atoms. The van der Waals surface area contributed by atoms with Crippen LogP contribution in [-0.2, 0) is 6.61 Å². The van der Waals surface area contributed by atoms with E-state index in [2.05, 4.69) is 12.6 Å². The van der Waals surface area contributed by atoms with Crippen LogP contribution < -0.4 is 0 Å². The summed E-state index contributed by atoms with van der Waals surface area (Å²) in [5.41, 5.74) is 0.753. The Labute approximate surface area is 90.4 Å². The average Bonchev–Trinajstić information content (AvgIpc) is 2.46. The van der Waals surface area contributed by atoms with Crippen LogP contribution in [0.25, 0.3) is 10.1 Å². The maximum atomic E-state index is 9.00. The number of rotatable bonds is 1. The molecule has 13 heavy (non-hydrogen) atoms. The Morgan fingerprint density at radius 2 is 2.23 bits per heavy atom. The first-order chi connectivity index (χ1) is 6.22. The summed E-state index contributed by atoms with van der Waals surface area (Å²) in [6.45, 7) is -0.0299. The molecule has 0 saturated heterocycles. The Hall–Kier alpha value is -0.220. The van der Waals surface area contributed by atoms with Crippen molar-refractivity contribution in [3.05, 3.63) is 28.1 Å². The Balaban J connectivity index is 2.77. The predicted octanol–water partition coefficient (Wildman–Crippen LogP) is 3.34. The van der Waals surface area contributed by atoms with Gasteiger partial charge in [0.25, 0.3) is 0 Å². The zero-order valence-corrected chi connectivity index (χ0v) is 9.09. The zero-order valence-electron chi connectivity index (χ0n) is 6.62. The number of hydrogen-bond donors (Lipinski definition) is 2. The SMILES string of the molecule is OCc1cc2c(S)csc2cc1Cl. The molecule has 0 aliphatic rings. The zero-order chi connectivity index (χ0) is 9.42. The average molecular weight is 231 g/mol. The van der Waals surface area contributed by atoms with Gasteiger partial charge >= 0.3 is 0 Å². The van der Waals surface area contributed by atoms with Crippen LogP contribution in [0.2, 0.25) is 5.02 Å². The van der Waals surface area contributed by atoms with E-state index < -0.39 is 0 Å². The van der Waals surface area contributed by atoms with Crippen LogP contribution in [0.1, 0.15) is 5.56 Å². The summed E-state index contributed by atoms with van der Waals surface area (Å²) in [6, 6.07) is 3.75. The Kier molecular flexibility index (Phi) is 2.51. The topological polar surface area (TPSA) is 20.2 Å². The highest BCUT2D eigenvalue weighted by Crippen LogP contribution is 2.32. The number of halogens is 1. The minimum absolute atomic E-state index is 0.0299. The van der Waals surface area contributed by atoms with Gasteiger partial charge in [0.2, 0.25) is 0 Å². The molecule has 1 nitrogen and oxygen atoms in total. The molecule has 2 aromatic rings. The van der Waals surface area contributed by atoms with Gasteiger partial charge < -0.3 is 5.11 Å². The quantitative estimate of drug-likeness (QED) is 0.720. The summed E-state index contributed by atoms with van der Waals surface area (Å²) < 4.78 is 1.10. The fourth-order valence-electron chi connectivity index (χ4n) is 1.20. The van der Waals surface area contributed by atoms with E-state index >= 15 is 0 Å². The molecule has 0 unspecified atom stereocenters. The molecule has 0 spiro atoms. The van der Waals surface area contributed by atoms with E-state index in [-0.39, 0.29) is 6.61 Å². The van der Waals surface area contributed by atoms with Crippen LogP contribution in [0.15, 0.2) is 22.4 Å². The number of hydrogen-bond acceptors (Lipinski definition) is 3. The lowest BCUT2D eigenvalue weighted by molar-refractivity contribution is 0.282. The van der Waals surface area contributed by atoms with Gasteiger partial charge in [-0.2, -0.15) is 0 Å². The number of fused-ring (bicyclic) bond motifs is 1. The molecular formula is C9H7ClOS2. The van der Waals surface area contributed by atoms with Crippen molar-refractivity contribution in [1.82, 2.24) is 0 Å². The predicted molar refractivity (Wildman–Crippen MR) is 60.0 cm³/mol. The minimum atomic E-state index is -0.0299. The van der Waals surface area contributed by atoms with Crippen LogP contribution in [0.3, 0.4) is 0 Å². The number of thiophene rings is 1. The lowest BCUT2D eigenvalue weighted by Crippen LogP contribution is -1.83. The summed E-state index contributed by atoms with van der Waals surface area (Å²) >= 11 is 11.8. The van der Waals surface area contributed by atoms with E-state index in [1.165, 1.54) is 0 Å². The van der Waals surface area contributed by atoms with E-state index in [1.54, 1.807) is 11.3 Å². The summed E-state index contributed by atoms with van der Waals surface area (Å²) in [5.74, 6) is 0. The highest BCUT2D eigenvalue weighted by molar-refractivity contribution is 7.80. The summed E-state index contributed by atoms with van der Waals surface area (Å²) in [4.78, 5) is 0.936. The van der Waals surface area contributed by atoms with E-state index in [4.69, 9.17) is 16.7 Å². The summed E-state index contributed by atoms with van der Waals surface area (Å²) in [5, 5.41) is 12.6. The number of aliphatic hydroxyl groups is 1. The highest BCUT2D eigenvalue weighted by Gasteiger charge is 2.05. The van der Waals surface area contributed by atoms with E-state index in [1.807, 2.05) is 17.5 Å². The third-order valence-corrected chi connectivity index (χ3v) is 3.73. The second-order valence-electron chi connectivity index (χ2n) is 2.72. The van der Waals surface area contributed by atoms with Crippen molar-refractivity contribution in [2.75, 3.05) is 0 Å². The second kappa shape index (κ2) is 3.50. The lowest BCUT2D eigenvalue weighted by Gasteiger charge is -2.00. The molecular weight excluding hydrogens is 224 g/mol. The molecule has 0 aliphatic carbocycles. The van der Waals surface area contributed by atoms with Gasteiger partial charge in [-0.25, -0.2) is 0 Å². The largest absolute Gasteiger partial charge is 0.392 e. The first kappa shape index (κ1) is 9.34. The van der Waals surface area contributed by atoms with Gasteiger partial charge in [-0.05, 0) is 17.7 Å². The van der Waals surface area contributed by atoms with E-state index in [9.17, 15) is 0 Å². The lowest BCUT2D eigenvalue weighted by atomic mass is 10.2. The van der Waals surface area contributed by atoms with E-state index in [0.717, 1.165) is 20.5 Å². The smallest absolute Gasteiger partial charge is 0.0696 e. The van der Waals surface area contributed by atoms with Gasteiger partial charge in [-0.3, -0.25) is 0 Å². The van der Waals surface area contributed by atoms with Crippen LogP contribution in [0.5, 0.6) is 0 Å². The molecule has 4 heteroatoms. The van der Waals surface area contributed by atoms with Crippen LogP contribution in [0, 0.1) is 0 Å². The number of benzene rings is 1. The van der Waals surface area contributed by atoms with Crippen LogP contribution in [-0.4, -0.2) is 5.11 Å². The van der Waals surface area contributed by atoms with Crippen molar-refractivity contribution in [1.29, 1.82) is 0 Å². The molecule has 68 valence electrons. The van der Waals surface area contributed by atoms with Crippen molar-refractivity contribution in [3.63, 3.8) is 0 Å². The van der Waals surface area contributed by atoms with E-state index in [0.29, 0.717) is 5.02 Å². The maximum absolute atomic E-state index is 9.00. The van der Waals surface area contributed by atoms with Crippen LogP contribution >= 0.6 is 35.6 Å². The van der Waals surface area contributed by atoms with Crippen molar-refractivity contribution in [2.24, 2.45) is 0 Å². The van der Waals surface area contributed by atoms with Gasteiger partial charge in [0, 0.05) is 25.4 Å². The third kappa shape index (κ3) is 1.57. The molecule has 1 N–H and O–H groups in total. The highest BCUT2D eigenvalue weighted by atomic mass is 35.5. The minimum Gasteiger partial charge on any atom is -0.392 e. The third-order valence-electron chi connectivity index (χ3n) is 1.89. The standard InChI is InChI=1S/C9H7ClOS2/c10-7-2-9-6(1-5(7)3-11)8(12)4-13-9/h1-2,4,11-12H,3H2. The molecule has 0 saturated carbocycles. The van der Waals surface area contributed by atoms with Gasteiger partial charge in [0.05, 0.1) is 6.61 Å². The van der Waals surface area contributed by atoms with Gasteiger partial charge in [-0.15, -0.1) is 24.0 Å². The van der Waals surface area contributed by atoms with Crippen LogP contribution in [0.4, 0.5) is 0 Å². The molecule has 0 radical (unpaired) electrons. The Morgan fingerprint density at radius 3 is 2.92 bits per heavy atom. The number of aliphatic hydroxyl groups excluding tert-OH is 1. The molecule has 1 aromatic carbocycles. The first-order valence-corrected chi connectivity index (χ1v) is 5.42. The van der Waals surface area contributed by atoms with Gasteiger partial charge in [0.15, 0.2) is 0 Å². The maximum Gasteiger partial charge on any atom is 0.0696 e. The summed E-state index contributed by atoms with van der Waals surface area (Å²) in [6.07, 6.45) is 0. The normalized spacial score (nSPS) is 11.0. The molecule has 1 heterocycles. The molecule has 0 fully saturated rings. The Morgan fingerprint density at radius 1 is 1.46 bits per heavy atom. The Bertz CT molecular complexity index is 450. The molecule has 2 rings (SSSR count). The van der Waals surface area contributed by atoms with Crippen molar-refractivity contribution in [3.8, 4) is 0 Å². The monoisotopic (exact) mass is 230 g/mol. The van der Waals surface area contributed by atoms with Gasteiger partial charge in [0.1, 0.15) is 0 Å². The van der Waals surface area contributed by atoms with Crippen molar-refractivity contribution in [2.45, 2.75) is 11.5 Å². The second-order valence-corrected chi connectivity index (χ2v) is 4.52. The molecule has 0 aliphatic heterocycles. The molecule has 0 atom stereocenters. The fourth-order valence-corrected chi connectivity index (χ4v) is 2.76. The van der Waals surface area contributed by atoms with Gasteiger partial charge in [-0.1, -0.05) is 11.6 Å².